The highest BCUT2D eigenvalue weighted by molar-refractivity contribution is 5.94. The molecule has 20 heavy (non-hydrogen) atoms. The zero-order valence-corrected chi connectivity index (χ0v) is 11.4. The van der Waals surface area contributed by atoms with Crippen molar-refractivity contribution in [3.63, 3.8) is 0 Å². The molecular weight excluding hydrogens is 263 g/mol. The molecule has 110 valence electrons. The summed E-state index contributed by atoms with van der Waals surface area (Å²) in [4.78, 5) is 15.5. The first-order valence-corrected chi connectivity index (χ1v) is 6.65. The second-order valence-corrected chi connectivity index (χ2v) is 4.94. The van der Waals surface area contributed by atoms with Gasteiger partial charge < -0.3 is 15.1 Å². The molecule has 0 unspecified atom stereocenters. The van der Waals surface area contributed by atoms with Gasteiger partial charge in [-0.05, 0) is 31.2 Å². The molecule has 0 bridgehead atoms. The number of hydrogen-bond acceptors (Lipinski definition) is 4. The van der Waals surface area contributed by atoms with Crippen LogP contribution in [0.2, 0.25) is 0 Å². The number of aliphatic hydroxyl groups excluding tert-OH is 2. The van der Waals surface area contributed by atoms with E-state index in [4.69, 9.17) is 0 Å². The number of halogens is 1. The fraction of sp³-hybridized carbons (Fsp3) is 0.500. The van der Waals surface area contributed by atoms with Crippen LogP contribution in [0.15, 0.2) is 24.3 Å². The molecule has 5 nitrogen and oxygen atoms in total. The number of amides is 1. The van der Waals surface area contributed by atoms with E-state index in [0.717, 1.165) is 0 Å². The predicted molar refractivity (Wildman–Crippen MR) is 72.9 cm³/mol. The van der Waals surface area contributed by atoms with Crippen molar-refractivity contribution >= 4 is 11.6 Å². The minimum atomic E-state index is -0.802. The first-order chi connectivity index (χ1) is 9.51. The monoisotopic (exact) mass is 282 g/mol. The molecule has 6 heteroatoms. The summed E-state index contributed by atoms with van der Waals surface area (Å²) in [6.07, 6.45) is -1.60. The highest BCUT2D eigenvalue weighted by Gasteiger charge is 2.31. The maximum atomic E-state index is 12.9. The van der Waals surface area contributed by atoms with Gasteiger partial charge in [-0.1, -0.05) is 0 Å². The molecule has 0 spiro atoms. The number of benzene rings is 1. The Morgan fingerprint density at radius 2 is 1.85 bits per heavy atom. The molecule has 1 fully saturated rings. The lowest BCUT2D eigenvalue weighted by atomic mass is 10.2. The molecule has 1 aromatic carbocycles. The van der Waals surface area contributed by atoms with E-state index in [1.165, 1.54) is 12.1 Å². The highest BCUT2D eigenvalue weighted by atomic mass is 19.1. The topological polar surface area (TPSA) is 64.0 Å². The number of β-amino-alcohol motifs (C(OH)–C–C–N with tert-alkyl or cyclic N) is 2. The number of carbonyl (C=O) groups is 1. The molecule has 1 saturated heterocycles. The lowest BCUT2D eigenvalue weighted by molar-refractivity contribution is -0.119. The number of aliphatic hydroxyl groups is 2. The van der Waals surface area contributed by atoms with Crippen molar-refractivity contribution < 1.29 is 19.4 Å². The van der Waals surface area contributed by atoms with E-state index in [-0.39, 0.29) is 31.4 Å². The van der Waals surface area contributed by atoms with Crippen LogP contribution in [0.1, 0.15) is 6.92 Å². The van der Waals surface area contributed by atoms with Gasteiger partial charge in [0.05, 0.1) is 18.8 Å². The SMILES string of the molecule is CCN(C(=O)CN1C[C@@H](O)[C@@H](O)C1)c1ccc(F)cc1. The maximum Gasteiger partial charge on any atom is 0.241 e. The Bertz CT molecular complexity index is 456. The van der Waals surface area contributed by atoms with E-state index < -0.39 is 12.2 Å². The van der Waals surface area contributed by atoms with E-state index in [1.807, 2.05) is 6.92 Å². The molecule has 2 rings (SSSR count). The van der Waals surface area contributed by atoms with Crippen LogP contribution < -0.4 is 4.90 Å². The quantitative estimate of drug-likeness (QED) is 0.829. The van der Waals surface area contributed by atoms with Crippen molar-refractivity contribution in [1.82, 2.24) is 4.90 Å². The summed E-state index contributed by atoms with van der Waals surface area (Å²) in [6, 6.07) is 5.75. The first-order valence-electron chi connectivity index (χ1n) is 6.65. The van der Waals surface area contributed by atoms with Crippen molar-refractivity contribution in [3.8, 4) is 0 Å². The van der Waals surface area contributed by atoms with Gasteiger partial charge in [-0.2, -0.15) is 0 Å². The van der Waals surface area contributed by atoms with Gasteiger partial charge in [-0.15, -0.1) is 0 Å². The van der Waals surface area contributed by atoms with Crippen molar-refractivity contribution in [2.45, 2.75) is 19.1 Å². The molecule has 0 aromatic heterocycles. The fourth-order valence-electron chi connectivity index (χ4n) is 2.38. The zero-order chi connectivity index (χ0) is 14.7. The van der Waals surface area contributed by atoms with Crippen LogP contribution in [0.3, 0.4) is 0 Å². The van der Waals surface area contributed by atoms with Crippen LogP contribution in [0, 0.1) is 5.82 Å². The summed E-state index contributed by atoms with van der Waals surface area (Å²) in [6.45, 7) is 3.01. The van der Waals surface area contributed by atoms with E-state index in [1.54, 1.807) is 21.9 Å². The number of hydrogen-bond donors (Lipinski definition) is 2. The van der Waals surface area contributed by atoms with Crippen molar-refractivity contribution in [2.75, 3.05) is 31.1 Å². The Morgan fingerprint density at radius 1 is 1.30 bits per heavy atom. The summed E-state index contributed by atoms with van der Waals surface area (Å²) in [5, 5.41) is 18.9. The van der Waals surface area contributed by atoms with E-state index in [2.05, 4.69) is 0 Å². The maximum absolute atomic E-state index is 12.9. The largest absolute Gasteiger partial charge is 0.389 e. The van der Waals surface area contributed by atoms with Crippen LogP contribution in [-0.2, 0) is 4.79 Å². The summed E-state index contributed by atoms with van der Waals surface area (Å²) >= 11 is 0. The lowest BCUT2D eigenvalue weighted by Crippen LogP contribution is -2.40. The van der Waals surface area contributed by atoms with E-state index >= 15 is 0 Å². The van der Waals surface area contributed by atoms with E-state index in [0.29, 0.717) is 12.2 Å². The fourth-order valence-corrected chi connectivity index (χ4v) is 2.38. The third kappa shape index (κ3) is 3.33. The van der Waals surface area contributed by atoms with Gasteiger partial charge in [0, 0.05) is 25.3 Å². The Hall–Kier alpha value is -1.50. The van der Waals surface area contributed by atoms with Crippen LogP contribution in [0.25, 0.3) is 0 Å². The van der Waals surface area contributed by atoms with Gasteiger partial charge >= 0.3 is 0 Å². The Morgan fingerprint density at radius 3 is 2.35 bits per heavy atom. The second kappa shape index (κ2) is 6.30. The Balaban J connectivity index is 2.01. The summed E-state index contributed by atoms with van der Waals surface area (Å²) in [7, 11) is 0. The standard InChI is InChI=1S/C14H19FN2O3/c1-2-17(11-5-3-10(15)4-6-11)14(20)9-16-7-12(18)13(19)8-16/h3-6,12-13,18-19H,2,7-9H2,1H3/t12-,13+. The molecule has 1 aliphatic rings. The van der Waals surface area contributed by atoms with Gasteiger partial charge in [0.25, 0.3) is 0 Å². The molecule has 1 aliphatic heterocycles. The number of rotatable bonds is 4. The van der Waals surface area contributed by atoms with E-state index in [9.17, 15) is 19.4 Å². The van der Waals surface area contributed by atoms with Gasteiger partial charge in [0.15, 0.2) is 0 Å². The summed E-state index contributed by atoms with van der Waals surface area (Å²) < 4.78 is 12.9. The summed E-state index contributed by atoms with van der Waals surface area (Å²) in [5.41, 5.74) is 0.638. The van der Waals surface area contributed by atoms with Crippen molar-refractivity contribution in [1.29, 1.82) is 0 Å². The van der Waals surface area contributed by atoms with Crippen molar-refractivity contribution in [3.05, 3.63) is 30.1 Å². The van der Waals surface area contributed by atoms with Gasteiger partial charge in [0.1, 0.15) is 5.82 Å². The molecule has 1 amide bonds. The minimum Gasteiger partial charge on any atom is -0.389 e. The van der Waals surface area contributed by atoms with Crippen molar-refractivity contribution in [2.24, 2.45) is 0 Å². The Labute approximate surface area is 117 Å². The van der Waals surface area contributed by atoms with Gasteiger partial charge in [-0.3, -0.25) is 9.69 Å². The molecule has 1 aromatic rings. The first kappa shape index (κ1) is 14.9. The third-order valence-corrected chi connectivity index (χ3v) is 3.45. The average Bonchev–Trinajstić information content (AvgIpc) is 2.71. The number of anilines is 1. The molecule has 0 saturated carbocycles. The Kier molecular flexibility index (Phi) is 4.69. The molecule has 1 heterocycles. The molecule has 2 atom stereocenters. The minimum absolute atomic E-state index is 0.124. The predicted octanol–water partition coefficient (Wildman–Crippen LogP) is 0.216. The van der Waals surface area contributed by atoms with Crippen LogP contribution in [0.5, 0.6) is 0 Å². The average molecular weight is 282 g/mol. The number of nitrogens with zero attached hydrogens (tertiary/aromatic N) is 2. The second-order valence-electron chi connectivity index (χ2n) is 4.94. The van der Waals surface area contributed by atoms with Crippen LogP contribution in [-0.4, -0.2) is 59.4 Å². The number of likely N-dealkylation sites (tertiary alicyclic amines) is 1. The normalized spacial score (nSPS) is 23.0. The molecular formula is C14H19FN2O3. The molecule has 0 radical (unpaired) electrons. The molecule has 0 aliphatic carbocycles. The molecule has 2 N–H and O–H groups in total. The smallest absolute Gasteiger partial charge is 0.241 e. The van der Waals surface area contributed by atoms with Gasteiger partial charge in [-0.25, -0.2) is 4.39 Å². The number of carbonyl (C=O) groups excluding carboxylic acids is 1. The lowest BCUT2D eigenvalue weighted by Gasteiger charge is -2.24. The summed E-state index contributed by atoms with van der Waals surface area (Å²) in [5.74, 6) is -0.483. The van der Waals surface area contributed by atoms with Gasteiger partial charge in [0.2, 0.25) is 5.91 Å². The van der Waals surface area contributed by atoms with Crippen LogP contribution >= 0.6 is 0 Å². The highest BCUT2D eigenvalue weighted by Crippen LogP contribution is 2.16. The third-order valence-electron chi connectivity index (χ3n) is 3.45. The zero-order valence-electron chi connectivity index (χ0n) is 11.4. The number of likely N-dealkylation sites (N-methyl/N-ethyl adjacent to an activating group) is 1. The van der Waals surface area contributed by atoms with Crippen LogP contribution in [0.4, 0.5) is 10.1 Å².